The molecule has 0 saturated heterocycles. The molecule has 0 saturated carbocycles. The molecular weight excluding hydrogens is 156 g/mol. The zero-order chi connectivity index (χ0) is 8.97. The second-order valence-corrected chi connectivity index (χ2v) is 2.70. The Morgan fingerprint density at radius 2 is 2.50 bits per heavy atom. The van der Waals surface area contributed by atoms with Crippen molar-refractivity contribution in [2.75, 3.05) is 0 Å². The van der Waals surface area contributed by atoms with Crippen LogP contribution in [0.25, 0.3) is 0 Å². The van der Waals surface area contributed by atoms with Crippen molar-refractivity contribution in [1.82, 2.24) is 15.0 Å². The molecule has 0 amide bonds. The van der Waals surface area contributed by atoms with Crippen molar-refractivity contribution in [2.24, 2.45) is 5.73 Å². The average molecular weight is 170 g/mol. The van der Waals surface area contributed by atoms with Crippen LogP contribution < -0.4 is 5.73 Å². The first kappa shape index (κ1) is 9.15. The van der Waals surface area contributed by atoms with Gasteiger partial charge in [-0.15, -0.1) is 5.10 Å². The highest BCUT2D eigenvalue weighted by molar-refractivity contribution is 4.90. The molecule has 5 heteroatoms. The SMILES string of the molecule is CC[C@@H](O)Cn1cc(CN)nn1. The highest BCUT2D eigenvalue weighted by atomic mass is 16.3. The molecule has 0 aromatic carbocycles. The zero-order valence-electron chi connectivity index (χ0n) is 7.14. The first-order valence-electron chi connectivity index (χ1n) is 4.03. The minimum atomic E-state index is -0.350. The lowest BCUT2D eigenvalue weighted by Crippen LogP contribution is -2.15. The van der Waals surface area contributed by atoms with Gasteiger partial charge in [0.05, 0.1) is 18.3 Å². The van der Waals surface area contributed by atoms with E-state index in [1.807, 2.05) is 6.92 Å². The summed E-state index contributed by atoms with van der Waals surface area (Å²) in [6.07, 6.45) is 2.12. The predicted molar refractivity (Wildman–Crippen MR) is 44.2 cm³/mol. The van der Waals surface area contributed by atoms with Crippen LogP contribution in [0, 0.1) is 0 Å². The number of rotatable bonds is 4. The molecule has 1 aromatic heterocycles. The maximum atomic E-state index is 9.27. The van der Waals surface area contributed by atoms with Crippen LogP contribution in [-0.2, 0) is 13.1 Å². The van der Waals surface area contributed by atoms with Crippen LogP contribution in [0.1, 0.15) is 19.0 Å². The Balaban J connectivity index is 2.52. The largest absolute Gasteiger partial charge is 0.391 e. The third-order valence-corrected chi connectivity index (χ3v) is 1.66. The van der Waals surface area contributed by atoms with E-state index in [1.165, 1.54) is 0 Å². The van der Waals surface area contributed by atoms with Crippen molar-refractivity contribution >= 4 is 0 Å². The Bertz CT molecular complexity index is 235. The van der Waals surface area contributed by atoms with Crippen molar-refractivity contribution in [1.29, 1.82) is 0 Å². The van der Waals surface area contributed by atoms with E-state index in [1.54, 1.807) is 10.9 Å². The Kier molecular flexibility index (Phi) is 3.19. The lowest BCUT2D eigenvalue weighted by Gasteiger charge is -2.05. The normalized spacial score (nSPS) is 13.2. The van der Waals surface area contributed by atoms with E-state index >= 15 is 0 Å². The van der Waals surface area contributed by atoms with Gasteiger partial charge in [-0.2, -0.15) is 0 Å². The Hall–Kier alpha value is -0.940. The van der Waals surface area contributed by atoms with Crippen LogP contribution in [0.4, 0.5) is 0 Å². The van der Waals surface area contributed by atoms with Crippen LogP contribution in [0.15, 0.2) is 6.20 Å². The van der Waals surface area contributed by atoms with Gasteiger partial charge in [0.25, 0.3) is 0 Å². The van der Waals surface area contributed by atoms with Gasteiger partial charge in [-0.25, -0.2) is 4.68 Å². The fourth-order valence-corrected chi connectivity index (χ4v) is 0.866. The molecule has 0 aliphatic carbocycles. The molecule has 0 fully saturated rings. The summed E-state index contributed by atoms with van der Waals surface area (Å²) in [4.78, 5) is 0. The third kappa shape index (κ3) is 2.28. The Labute approximate surface area is 71.2 Å². The molecule has 0 unspecified atom stereocenters. The molecule has 3 N–H and O–H groups in total. The van der Waals surface area contributed by atoms with Crippen LogP contribution in [-0.4, -0.2) is 26.2 Å². The molecule has 0 aliphatic rings. The number of nitrogens with two attached hydrogens (primary N) is 1. The lowest BCUT2D eigenvalue weighted by atomic mass is 10.3. The molecule has 1 aromatic rings. The summed E-state index contributed by atoms with van der Waals surface area (Å²) >= 11 is 0. The van der Waals surface area contributed by atoms with E-state index in [0.29, 0.717) is 13.1 Å². The maximum absolute atomic E-state index is 9.27. The van der Waals surface area contributed by atoms with Gasteiger partial charge in [0, 0.05) is 12.7 Å². The Morgan fingerprint density at radius 1 is 1.75 bits per heavy atom. The molecule has 0 spiro atoms. The van der Waals surface area contributed by atoms with Crippen LogP contribution >= 0.6 is 0 Å². The summed E-state index contributed by atoms with van der Waals surface area (Å²) in [6, 6.07) is 0. The van der Waals surface area contributed by atoms with Crippen molar-refractivity contribution in [3.63, 3.8) is 0 Å². The third-order valence-electron chi connectivity index (χ3n) is 1.66. The number of hydrogen-bond donors (Lipinski definition) is 2. The van der Waals surface area contributed by atoms with Gasteiger partial charge < -0.3 is 10.8 Å². The van der Waals surface area contributed by atoms with E-state index in [4.69, 9.17) is 5.73 Å². The standard InChI is InChI=1S/C7H14N4O/c1-2-7(12)5-11-4-6(3-8)9-10-11/h4,7,12H,2-3,5,8H2,1H3/t7-/m1/s1. The minimum Gasteiger partial charge on any atom is -0.391 e. The molecule has 68 valence electrons. The fourth-order valence-electron chi connectivity index (χ4n) is 0.866. The van der Waals surface area contributed by atoms with Gasteiger partial charge in [0.2, 0.25) is 0 Å². The summed E-state index contributed by atoms with van der Waals surface area (Å²) in [7, 11) is 0. The van der Waals surface area contributed by atoms with E-state index in [0.717, 1.165) is 12.1 Å². The van der Waals surface area contributed by atoms with Gasteiger partial charge >= 0.3 is 0 Å². The molecule has 1 rings (SSSR count). The van der Waals surface area contributed by atoms with E-state index in [-0.39, 0.29) is 6.10 Å². The topological polar surface area (TPSA) is 77.0 Å². The van der Waals surface area contributed by atoms with Crippen molar-refractivity contribution in [3.05, 3.63) is 11.9 Å². The molecular formula is C7H14N4O. The smallest absolute Gasteiger partial charge is 0.0962 e. The van der Waals surface area contributed by atoms with Gasteiger partial charge in [-0.05, 0) is 6.42 Å². The molecule has 1 atom stereocenters. The highest BCUT2D eigenvalue weighted by Crippen LogP contribution is 1.96. The number of hydrogen-bond acceptors (Lipinski definition) is 4. The first-order valence-corrected chi connectivity index (χ1v) is 4.03. The summed E-state index contributed by atoms with van der Waals surface area (Å²) < 4.78 is 1.61. The fraction of sp³-hybridized carbons (Fsp3) is 0.714. The summed E-state index contributed by atoms with van der Waals surface area (Å²) in [5.74, 6) is 0. The van der Waals surface area contributed by atoms with Gasteiger partial charge in [0.1, 0.15) is 0 Å². The lowest BCUT2D eigenvalue weighted by molar-refractivity contribution is 0.144. The molecule has 0 aliphatic heterocycles. The van der Waals surface area contributed by atoms with Crippen LogP contribution in [0.3, 0.4) is 0 Å². The van der Waals surface area contributed by atoms with Gasteiger partial charge in [0.15, 0.2) is 0 Å². The Morgan fingerprint density at radius 3 is 3.00 bits per heavy atom. The van der Waals surface area contributed by atoms with Gasteiger partial charge in [-0.3, -0.25) is 0 Å². The van der Waals surface area contributed by atoms with E-state index in [2.05, 4.69) is 10.3 Å². The second-order valence-electron chi connectivity index (χ2n) is 2.70. The molecule has 0 radical (unpaired) electrons. The zero-order valence-corrected chi connectivity index (χ0v) is 7.14. The monoisotopic (exact) mass is 170 g/mol. The van der Waals surface area contributed by atoms with E-state index in [9.17, 15) is 5.11 Å². The number of nitrogens with zero attached hydrogens (tertiary/aromatic N) is 3. The minimum absolute atomic E-state index is 0.350. The summed E-state index contributed by atoms with van der Waals surface area (Å²) in [5, 5.41) is 16.9. The number of aliphatic hydroxyl groups is 1. The number of aromatic nitrogens is 3. The summed E-state index contributed by atoms with van der Waals surface area (Å²) in [6.45, 7) is 2.80. The first-order chi connectivity index (χ1) is 5.76. The highest BCUT2D eigenvalue weighted by Gasteiger charge is 2.03. The molecule has 0 bridgehead atoms. The molecule has 5 nitrogen and oxygen atoms in total. The van der Waals surface area contributed by atoms with Gasteiger partial charge in [-0.1, -0.05) is 12.1 Å². The quantitative estimate of drug-likeness (QED) is 0.639. The predicted octanol–water partition coefficient (Wildman–Crippen LogP) is -0.492. The van der Waals surface area contributed by atoms with Crippen molar-refractivity contribution in [3.8, 4) is 0 Å². The van der Waals surface area contributed by atoms with E-state index < -0.39 is 0 Å². The number of aliphatic hydroxyl groups excluding tert-OH is 1. The van der Waals surface area contributed by atoms with Crippen molar-refractivity contribution < 1.29 is 5.11 Å². The second kappa shape index (κ2) is 4.18. The molecule has 12 heavy (non-hydrogen) atoms. The summed E-state index contributed by atoms with van der Waals surface area (Å²) in [5.41, 5.74) is 6.10. The van der Waals surface area contributed by atoms with Crippen LogP contribution in [0.2, 0.25) is 0 Å². The molecule has 1 heterocycles. The average Bonchev–Trinajstić information content (AvgIpc) is 2.52. The van der Waals surface area contributed by atoms with Crippen molar-refractivity contribution in [2.45, 2.75) is 32.5 Å². The maximum Gasteiger partial charge on any atom is 0.0962 e. The van der Waals surface area contributed by atoms with Crippen LogP contribution in [0.5, 0.6) is 0 Å².